The number of piperazine rings is 1. The van der Waals surface area contributed by atoms with Gasteiger partial charge in [0.2, 0.25) is 5.78 Å². The van der Waals surface area contributed by atoms with Crippen molar-refractivity contribution in [1.29, 1.82) is 0 Å². The quantitative estimate of drug-likeness (QED) is 0.831. The first-order valence-electron chi connectivity index (χ1n) is 8.62. The highest BCUT2D eigenvalue weighted by Gasteiger charge is 2.25. The molecule has 0 aliphatic carbocycles. The number of rotatable bonds is 5. The molecule has 1 saturated heterocycles. The second kappa shape index (κ2) is 7.49. The molecule has 25 heavy (non-hydrogen) atoms. The SMILES string of the molecule is Cc1sc(N2CCN[C@@H](CC(C)C)C2)nc1C(=O)c1cccnc1[NH]. The summed E-state index contributed by atoms with van der Waals surface area (Å²) < 4.78 is 0. The molecule has 0 bridgehead atoms. The van der Waals surface area contributed by atoms with Crippen LogP contribution >= 0.6 is 11.3 Å². The van der Waals surface area contributed by atoms with Crippen molar-refractivity contribution in [2.24, 2.45) is 5.92 Å². The maximum atomic E-state index is 12.7. The largest absolute Gasteiger partial charge is 0.345 e. The van der Waals surface area contributed by atoms with Crippen molar-refractivity contribution in [3.63, 3.8) is 0 Å². The molecule has 0 aromatic carbocycles. The maximum absolute atomic E-state index is 12.7. The Morgan fingerprint density at radius 2 is 2.32 bits per heavy atom. The van der Waals surface area contributed by atoms with Crippen molar-refractivity contribution in [3.05, 3.63) is 34.5 Å². The number of aryl methyl sites for hydroxylation is 1. The summed E-state index contributed by atoms with van der Waals surface area (Å²) in [6, 6.07) is 3.77. The number of thiazole rings is 1. The van der Waals surface area contributed by atoms with E-state index in [0.29, 0.717) is 23.2 Å². The van der Waals surface area contributed by atoms with E-state index in [1.54, 1.807) is 23.5 Å². The number of anilines is 1. The molecule has 1 aliphatic rings. The van der Waals surface area contributed by atoms with Gasteiger partial charge < -0.3 is 10.2 Å². The minimum absolute atomic E-state index is 0.000574. The molecule has 0 spiro atoms. The van der Waals surface area contributed by atoms with Crippen LogP contribution in [0.15, 0.2) is 18.3 Å². The van der Waals surface area contributed by atoms with E-state index in [2.05, 4.69) is 34.0 Å². The Labute approximate surface area is 152 Å². The third-order valence-electron chi connectivity index (χ3n) is 4.33. The van der Waals surface area contributed by atoms with Gasteiger partial charge in [-0.1, -0.05) is 13.8 Å². The minimum Gasteiger partial charge on any atom is -0.345 e. The molecule has 1 atom stereocenters. The van der Waals surface area contributed by atoms with Crippen molar-refractivity contribution in [2.75, 3.05) is 24.5 Å². The number of pyridine rings is 1. The topological polar surface area (TPSA) is 81.9 Å². The zero-order valence-electron chi connectivity index (χ0n) is 14.9. The average molecular weight is 358 g/mol. The highest BCUT2D eigenvalue weighted by Crippen LogP contribution is 2.29. The van der Waals surface area contributed by atoms with Crippen molar-refractivity contribution in [1.82, 2.24) is 21.0 Å². The van der Waals surface area contributed by atoms with Crippen LogP contribution in [0.4, 0.5) is 10.9 Å². The highest BCUT2D eigenvalue weighted by atomic mass is 32.1. The summed E-state index contributed by atoms with van der Waals surface area (Å²) in [5.41, 5.74) is 8.59. The number of nitrogens with zero attached hydrogens (tertiary/aromatic N) is 3. The van der Waals surface area contributed by atoms with Gasteiger partial charge in [-0.25, -0.2) is 9.97 Å². The van der Waals surface area contributed by atoms with Crippen LogP contribution in [0, 0.1) is 12.8 Å². The van der Waals surface area contributed by atoms with Gasteiger partial charge in [-0.15, -0.1) is 11.3 Å². The summed E-state index contributed by atoms with van der Waals surface area (Å²) in [5, 5.41) is 4.46. The predicted octanol–water partition coefficient (Wildman–Crippen LogP) is 2.82. The number of carbonyl (C=O) groups is 1. The number of ketones is 1. The van der Waals surface area contributed by atoms with Gasteiger partial charge in [-0.05, 0) is 31.4 Å². The van der Waals surface area contributed by atoms with E-state index in [4.69, 9.17) is 5.73 Å². The Morgan fingerprint density at radius 3 is 3.04 bits per heavy atom. The van der Waals surface area contributed by atoms with E-state index in [9.17, 15) is 4.79 Å². The summed E-state index contributed by atoms with van der Waals surface area (Å²) in [6.45, 7) is 9.12. The number of hydrogen-bond acceptors (Lipinski definition) is 6. The van der Waals surface area contributed by atoms with Crippen LogP contribution in [0.2, 0.25) is 0 Å². The molecular weight excluding hydrogens is 334 g/mol. The van der Waals surface area contributed by atoms with Crippen LogP contribution < -0.4 is 16.0 Å². The lowest BCUT2D eigenvalue weighted by atomic mass is 10.0. The Bertz CT molecular complexity index is 758. The summed E-state index contributed by atoms with van der Waals surface area (Å²) in [6.07, 6.45) is 2.65. The summed E-state index contributed by atoms with van der Waals surface area (Å²) in [7, 11) is 0. The third-order valence-corrected chi connectivity index (χ3v) is 5.37. The predicted molar refractivity (Wildman–Crippen MR) is 101 cm³/mol. The lowest BCUT2D eigenvalue weighted by Gasteiger charge is -2.34. The van der Waals surface area contributed by atoms with Gasteiger partial charge in [0.05, 0.1) is 5.56 Å². The number of aromatic nitrogens is 2. The number of nitrogens with one attached hydrogen (secondary N) is 2. The van der Waals surface area contributed by atoms with Crippen LogP contribution in [0.25, 0.3) is 0 Å². The van der Waals surface area contributed by atoms with Crippen LogP contribution in [0.5, 0.6) is 0 Å². The fourth-order valence-corrected chi connectivity index (χ4v) is 4.11. The van der Waals surface area contributed by atoms with E-state index in [1.165, 1.54) is 6.20 Å². The third kappa shape index (κ3) is 3.99. The van der Waals surface area contributed by atoms with Crippen LogP contribution in [0.1, 0.15) is 41.2 Å². The summed E-state index contributed by atoms with van der Waals surface area (Å²) in [5.74, 6) is 0.432. The fraction of sp³-hybridized carbons (Fsp3) is 0.500. The van der Waals surface area contributed by atoms with Crippen molar-refractivity contribution < 1.29 is 4.79 Å². The molecule has 0 amide bonds. The van der Waals surface area contributed by atoms with Crippen LogP contribution in [-0.2, 0) is 0 Å². The highest BCUT2D eigenvalue weighted by molar-refractivity contribution is 7.15. The van der Waals surface area contributed by atoms with Gasteiger partial charge in [0, 0.05) is 36.8 Å². The molecule has 2 aromatic rings. The van der Waals surface area contributed by atoms with Crippen LogP contribution in [0.3, 0.4) is 0 Å². The molecule has 1 fully saturated rings. The van der Waals surface area contributed by atoms with Gasteiger partial charge in [0.1, 0.15) is 5.69 Å². The molecule has 3 heterocycles. The normalized spacial score (nSPS) is 17.9. The molecule has 133 valence electrons. The van der Waals surface area contributed by atoms with E-state index in [-0.39, 0.29) is 11.6 Å². The monoisotopic (exact) mass is 358 g/mol. The average Bonchev–Trinajstić information content (AvgIpc) is 2.96. The van der Waals surface area contributed by atoms with Crippen molar-refractivity contribution in [3.8, 4) is 0 Å². The smallest absolute Gasteiger partial charge is 0.216 e. The van der Waals surface area contributed by atoms with Gasteiger partial charge in [0.25, 0.3) is 0 Å². The van der Waals surface area contributed by atoms with Gasteiger partial charge >= 0.3 is 0 Å². The fourth-order valence-electron chi connectivity index (χ4n) is 3.17. The number of carbonyl (C=O) groups excluding carboxylic acids is 1. The Hall–Kier alpha value is -1.99. The van der Waals surface area contributed by atoms with Crippen molar-refractivity contribution in [2.45, 2.75) is 33.2 Å². The van der Waals surface area contributed by atoms with E-state index < -0.39 is 0 Å². The molecule has 7 heteroatoms. The molecule has 6 nitrogen and oxygen atoms in total. The second-order valence-corrected chi connectivity index (χ2v) is 8.04. The van der Waals surface area contributed by atoms with Gasteiger partial charge in [-0.2, -0.15) is 0 Å². The molecule has 0 saturated carbocycles. The maximum Gasteiger partial charge on any atom is 0.216 e. The van der Waals surface area contributed by atoms with Crippen LogP contribution in [-0.4, -0.2) is 41.4 Å². The standard InChI is InChI=1S/C18H24N5OS/c1-11(2)9-13-10-23(8-7-20-13)18-22-15(12(3)25-18)16(24)14-5-4-6-21-17(14)19/h4-6,11,13,19-20H,7-10H2,1-3H3/t13-/m0/s1. The number of hydrogen-bond donors (Lipinski definition) is 1. The second-order valence-electron chi connectivity index (χ2n) is 6.86. The first kappa shape index (κ1) is 17.8. The van der Waals surface area contributed by atoms with E-state index in [1.807, 2.05) is 6.92 Å². The first-order valence-corrected chi connectivity index (χ1v) is 9.44. The lowest BCUT2D eigenvalue weighted by Crippen LogP contribution is -2.51. The molecule has 1 aliphatic heterocycles. The Morgan fingerprint density at radius 1 is 1.52 bits per heavy atom. The molecular formula is C18H24N5OS. The Kier molecular flexibility index (Phi) is 5.34. The molecule has 3 rings (SSSR count). The van der Waals surface area contributed by atoms with E-state index in [0.717, 1.165) is 36.1 Å². The zero-order chi connectivity index (χ0) is 18.0. The first-order chi connectivity index (χ1) is 12.0. The van der Waals surface area contributed by atoms with Gasteiger partial charge in [0.15, 0.2) is 10.9 Å². The molecule has 2 N–H and O–H groups in total. The van der Waals surface area contributed by atoms with Gasteiger partial charge in [-0.3, -0.25) is 10.5 Å². The van der Waals surface area contributed by atoms with Crippen molar-refractivity contribution >= 4 is 28.1 Å². The summed E-state index contributed by atoms with van der Waals surface area (Å²) >= 11 is 1.56. The molecule has 2 aromatic heterocycles. The molecule has 1 radical (unpaired) electrons. The Balaban J connectivity index is 1.80. The zero-order valence-corrected chi connectivity index (χ0v) is 15.7. The lowest BCUT2D eigenvalue weighted by molar-refractivity contribution is 0.103. The summed E-state index contributed by atoms with van der Waals surface area (Å²) in [4.78, 5) is 24.4. The van der Waals surface area contributed by atoms with E-state index >= 15 is 0 Å². The molecule has 0 unspecified atom stereocenters. The minimum atomic E-state index is -0.216.